The largest absolute Gasteiger partial charge is 0.465 e. The van der Waals surface area contributed by atoms with E-state index in [4.69, 9.17) is 4.74 Å². The summed E-state index contributed by atoms with van der Waals surface area (Å²) in [7, 11) is 1.41. The van der Waals surface area contributed by atoms with Crippen molar-refractivity contribution < 1.29 is 9.53 Å². The van der Waals surface area contributed by atoms with E-state index < -0.39 is 0 Å². The van der Waals surface area contributed by atoms with E-state index in [-0.39, 0.29) is 5.97 Å². The van der Waals surface area contributed by atoms with Crippen LogP contribution in [-0.4, -0.2) is 23.0 Å². The molecule has 0 unspecified atom stereocenters. The van der Waals surface area contributed by atoms with E-state index in [2.05, 4.69) is 22.1 Å². The van der Waals surface area contributed by atoms with Gasteiger partial charge in [0.25, 0.3) is 0 Å². The monoisotopic (exact) mass is 314 g/mol. The molecule has 0 saturated heterocycles. The standard InChI is InChI=1S/C20H14N2O2/c1-24-20(23)14-10-13-11-6-2-4-8-15(11)21-18(13)17-12-7-3-5-9-16(12)22-19(14)17/h2-10,21-22H,1H3. The van der Waals surface area contributed by atoms with Crippen molar-refractivity contribution in [3.8, 4) is 0 Å². The molecule has 4 heteroatoms. The number of methoxy groups -OCH3 is 1. The number of aromatic nitrogens is 2. The summed E-state index contributed by atoms with van der Waals surface area (Å²) < 4.78 is 5.01. The van der Waals surface area contributed by atoms with Crippen molar-refractivity contribution in [1.29, 1.82) is 0 Å². The average Bonchev–Trinajstić information content (AvgIpc) is 3.18. The van der Waals surface area contributed by atoms with Crippen LogP contribution in [0.15, 0.2) is 54.6 Å². The first-order chi connectivity index (χ1) is 11.8. The minimum atomic E-state index is -0.335. The van der Waals surface area contributed by atoms with Gasteiger partial charge in [-0.05, 0) is 18.2 Å². The number of nitrogens with one attached hydrogen (secondary N) is 2. The maximum absolute atomic E-state index is 12.4. The second-order valence-corrected chi connectivity index (χ2v) is 5.93. The van der Waals surface area contributed by atoms with Crippen molar-refractivity contribution in [2.24, 2.45) is 0 Å². The molecule has 0 aliphatic carbocycles. The van der Waals surface area contributed by atoms with E-state index in [1.807, 2.05) is 42.5 Å². The van der Waals surface area contributed by atoms with Crippen molar-refractivity contribution in [1.82, 2.24) is 9.97 Å². The fourth-order valence-corrected chi connectivity index (χ4v) is 3.60. The van der Waals surface area contributed by atoms with Crippen molar-refractivity contribution >= 4 is 49.6 Å². The number of fused-ring (bicyclic) bond motifs is 7. The smallest absolute Gasteiger partial charge is 0.340 e. The van der Waals surface area contributed by atoms with Gasteiger partial charge < -0.3 is 14.7 Å². The summed E-state index contributed by atoms with van der Waals surface area (Å²) in [5, 5.41) is 4.25. The average molecular weight is 314 g/mol. The fourth-order valence-electron chi connectivity index (χ4n) is 3.60. The Labute approximate surface area is 137 Å². The molecule has 0 radical (unpaired) electrons. The molecule has 24 heavy (non-hydrogen) atoms. The molecule has 0 aliphatic rings. The van der Waals surface area contributed by atoms with Crippen molar-refractivity contribution in [2.75, 3.05) is 7.11 Å². The molecular weight excluding hydrogens is 300 g/mol. The van der Waals surface area contributed by atoms with Gasteiger partial charge in [-0.3, -0.25) is 0 Å². The Morgan fingerprint density at radius 2 is 1.46 bits per heavy atom. The number of benzene rings is 3. The summed E-state index contributed by atoms with van der Waals surface area (Å²) in [6, 6.07) is 18.1. The maximum Gasteiger partial charge on any atom is 0.340 e. The Hall–Kier alpha value is -3.27. The Morgan fingerprint density at radius 1 is 0.833 bits per heavy atom. The van der Waals surface area contributed by atoms with Gasteiger partial charge in [0.05, 0.1) is 23.7 Å². The molecule has 5 aromatic rings. The van der Waals surface area contributed by atoms with Crippen LogP contribution in [0.2, 0.25) is 0 Å². The van der Waals surface area contributed by atoms with Gasteiger partial charge in [0.2, 0.25) is 0 Å². The number of carbonyl (C=O) groups is 1. The van der Waals surface area contributed by atoms with Crippen LogP contribution in [0.3, 0.4) is 0 Å². The maximum atomic E-state index is 12.4. The van der Waals surface area contributed by atoms with E-state index in [9.17, 15) is 4.79 Å². The van der Waals surface area contributed by atoms with E-state index >= 15 is 0 Å². The summed E-state index contributed by atoms with van der Waals surface area (Å²) in [5.41, 5.74) is 4.46. The number of H-pyrrole nitrogens is 2. The summed E-state index contributed by atoms with van der Waals surface area (Å²) in [6.45, 7) is 0. The summed E-state index contributed by atoms with van der Waals surface area (Å²) in [6.07, 6.45) is 0. The predicted octanol–water partition coefficient (Wildman–Crippen LogP) is 4.74. The molecule has 0 aliphatic heterocycles. The molecule has 0 fully saturated rings. The van der Waals surface area contributed by atoms with Crippen LogP contribution in [-0.2, 0) is 4.74 Å². The van der Waals surface area contributed by atoms with Crippen LogP contribution < -0.4 is 0 Å². The van der Waals surface area contributed by atoms with Gasteiger partial charge in [-0.25, -0.2) is 4.79 Å². The summed E-state index contributed by atoms with van der Waals surface area (Å²) >= 11 is 0. The van der Waals surface area contributed by atoms with Gasteiger partial charge in [-0.1, -0.05) is 36.4 Å². The first-order valence-corrected chi connectivity index (χ1v) is 7.80. The molecule has 116 valence electrons. The third kappa shape index (κ3) is 1.60. The van der Waals surface area contributed by atoms with Crippen LogP contribution in [0.4, 0.5) is 0 Å². The van der Waals surface area contributed by atoms with E-state index in [1.165, 1.54) is 7.11 Å². The van der Waals surface area contributed by atoms with Gasteiger partial charge in [0.15, 0.2) is 0 Å². The first-order valence-electron chi connectivity index (χ1n) is 7.80. The lowest BCUT2D eigenvalue weighted by atomic mass is 10.0. The molecule has 0 amide bonds. The molecule has 2 heterocycles. The fraction of sp³-hybridized carbons (Fsp3) is 0.0500. The summed E-state index contributed by atoms with van der Waals surface area (Å²) in [5.74, 6) is -0.335. The number of hydrogen-bond acceptors (Lipinski definition) is 2. The molecular formula is C20H14N2O2. The zero-order valence-corrected chi connectivity index (χ0v) is 13.0. The Kier molecular flexibility index (Phi) is 2.54. The number of para-hydroxylation sites is 2. The highest BCUT2D eigenvalue weighted by atomic mass is 16.5. The quantitative estimate of drug-likeness (QED) is 0.439. The van der Waals surface area contributed by atoms with Crippen LogP contribution in [0.1, 0.15) is 10.4 Å². The second-order valence-electron chi connectivity index (χ2n) is 5.93. The normalized spacial score (nSPS) is 11.7. The number of aromatic amines is 2. The molecule has 0 saturated carbocycles. The third-order valence-corrected chi connectivity index (χ3v) is 4.67. The molecule has 0 spiro atoms. The van der Waals surface area contributed by atoms with Gasteiger partial charge >= 0.3 is 5.97 Å². The Balaban J connectivity index is 2.11. The van der Waals surface area contributed by atoms with E-state index in [0.717, 1.165) is 43.6 Å². The lowest BCUT2D eigenvalue weighted by molar-refractivity contribution is 0.0603. The zero-order chi connectivity index (χ0) is 16.3. The van der Waals surface area contributed by atoms with Crippen LogP contribution in [0, 0.1) is 0 Å². The number of esters is 1. The molecule has 5 rings (SSSR count). The molecule has 3 aromatic carbocycles. The second kappa shape index (κ2) is 4.61. The lowest BCUT2D eigenvalue weighted by Crippen LogP contribution is -2.02. The molecule has 0 bridgehead atoms. The number of hydrogen-bond donors (Lipinski definition) is 2. The molecule has 2 N–H and O–H groups in total. The van der Waals surface area contributed by atoms with Crippen LogP contribution in [0.5, 0.6) is 0 Å². The van der Waals surface area contributed by atoms with Gasteiger partial charge in [-0.15, -0.1) is 0 Å². The minimum Gasteiger partial charge on any atom is -0.465 e. The lowest BCUT2D eigenvalue weighted by Gasteiger charge is -2.03. The SMILES string of the molecule is COC(=O)c1cc2c3ccccc3[nH]c2c2c1[nH]c1ccccc12. The number of rotatable bonds is 1. The zero-order valence-electron chi connectivity index (χ0n) is 13.0. The van der Waals surface area contributed by atoms with E-state index in [0.29, 0.717) is 5.56 Å². The van der Waals surface area contributed by atoms with Crippen molar-refractivity contribution in [3.63, 3.8) is 0 Å². The molecule has 4 nitrogen and oxygen atoms in total. The number of ether oxygens (including phenoxy) is 1. The Morgan fingerprint density at radius 3 is 2.21 bits per heavy atom. The number of carbonyl (C=O) groups excluding carboxylic acids is 1. The van der Waals surface area contributed by atoms with Crippen LogP contribution >= 0.6 is 0 Å². The van der Waals surface area contributed by atoms with Crippen molar-refractivity contribution in [3.05, 3.63) is 60.2 Å². The topological polar surface area (TPSA) is 57.9 Å². The molecule has 0 atom stereocenters. The highest BCUT2D eigenvalue weighted by Gasteiger charge is 2.19. The summed E-state index contributed by atoms with van der Waals surface area (Å²) in [4.78, 5) is 19.2. The van der Waals surface area contributed by atoms with Gasteiger partial charge in [0.1, 0.15) is 0 Å². The highest BCUT2D eigenvalue weighted by Crippen LogP contribution is 2.37. The third-order valence-electron chi connectivity index (χ3n) is 4.67. The minimum absolute atomic E-state index is 0.335. The first kappa shape index (κ1) is 13.2. The van der Waals surface area contributed by atoms with Crippen LogP contribution in [0.25, 0.3) is 43.6 Å². The van der Waals surface area contributed by atoms with Crippen molar-refractivity contribution in [2.45, 2.75) is 0 Å². The van der Waals surface area contributed by atoms with Gasteiger partial charge in [-0.2, -0.15) is 0 Å². The van der Waals surface area contributed by atoms with E-state index in [1.54, 1.807) is 0 Å². The van der Waals surface area contributed by atoms with Gasteiger partial charge in [0, 0.05) is 32.6 Å². The predicted molar refractivity (Wildman–Crippen MR) is 96.5 cm³/mol. The Bertz CT molecular complexity index is 1260. The highest BCUT2D eigenvalue weighted by molar-refractivity contribution is 6.27. The molecule has 2 aromatic heterocycles.